The molecule has 26 heavy (non-hydrogen) atoms. The van der Waals surface area contributed by atoms with Gasteiger partial charge in [-0.1, -0.05) is 18.2 Å². The molecule has 6 heteroatoms. The van der Waals surface area contributed by atoms with Crippen LogP contribution in [0.1, 0.15) is 10.5 Å². The van der Waals surface area contributed by atoms with Crippen molar-refractivity contribution >= 4 is 22.6 Å². The number of hydrogen-bond donors (Lipinski definition) is 0. The maximum atomic E-state index is 12.8. The molecule has 1 aliphatic heterocycles. The Morgan fingerprint density at radius 1 is 1.00 bits per heavy atom. The SMILES string of the molecule is COc1cccc(N2CCN(C(=O)c3cnc4ccccc4n3)CC2)c1. The standard InChI is InChI=1S/C20H20N4O2/c1-26-16-6-4-5-15(13-16)23-9-11-24(12-10-23)20(25)19-14-21-17-7-2-3-8-18(17)22-19/h2-8,13-14H,9-12H2,1H3. The van der Waals surface area contributed by atoms with Crippen LogP contribution < -0.4 is 9.64 Å². The first-order valence-corrected chi connectivity index (χ1v) is 8.65. The van der Waals surface area contributed by atoms with E-state index in [-0.39, 0.29) is 5.91 Å². The molecule has 6 nitrogen and oxygen atoms in total. The summed E-state index contributed by atoms with van der Waals surface area (Å²) in [6, 6.07) is 15.6. The van der Waals surface area contributed by atoms with E-state index in [1.54, 1.807) is 13.3 Å². The van der Waals surface area contributed by atoms with Crippen molar-refractivity contribution in [2.45, 2.75) is 0 Å². The lowest BCUT2D eigenvalue weighted by atomic mass is 10.2. The lowest BCUT2D eigenvalue weighted by Crippen LogP contribution is -2.49. The van der Waals surface area contributed by atoms with E-state index in [1.807, 2.05) is 47.4 Å². The molecule has 0 spiro atoms. The van der Waals surface area contributed by atoms with Crippen molar-refractivity contribution in [3.63, 3.8) is 0 Å². The van der Waals surface area contributed by atoms with Gasteiger partial charge in [0, 0.05) is 37.9 Å². The quantitative estimate of drug-likeness (QED) is 0.728. The summed E-state index contributed by atoms with van der Waals surface area (Å²) < 4.78 is 5.29. The van der Waals surface area contributed by atoms with Crippen molar-refractivity contribution in [3.05, 3.63) is 60.4 Å². The Hall–Kier alpha value is -3.15. The molecule has 0 radical (unpaired) electrons. The Bertz CT molecular complexity index is 936. The predicted molar refractivity (Wildman–Crippen MR) is 101 cm³/mol. The van der Waals surface area contributed by atoms with Crippen LogP contribution in [-0.2, 0) is 0 Å². The second-order valence-electron chi connectivity index (χ2n) is 6.22. The summed E-state index contributed by atoms with van der Waals surface area (Å²) in [4.78, 5) is 25.7. The second-order valence-corrected chi connectivity index (χ2v) is 6.22. The topological polar surface area (TPSA) is 58.6 Å². The van der Waals surface area contributed by atoms with E-state index in [9.17, 15) is 4.79 Å². The molecule has 0 saturated carbocycles. The van der Waals surface area contributed by atoms with Gasteiger partial charge in [0.1, 0.15) is 11.4 Å². The molecule has 0 N–H and O–H groups in total. The predicted octanol–water partition coefficient (Wildman–Crippen LogP) is 2.60. The van der Waals surface area contributed by atoms with Gasteiger partial charge in [-0.3, -0.25) is 9.78 Å². The molecule has 2 aromatic carbocycles. The molecule has 1 aromatic heterocycles. The number of carbonyl (C=O) groups is 1. The molecule has 132 valence electrons. The zero-order valence-corrected chi connectivity index (χ0v) is 14.6. The van der Waals surface area contributed by atoms with E-state index >= 15 is 0 Å². The minimum Gasteiger partial charge on any atom is -0.497 e. The molecule has 0 unspecified atom stereocenters. The number of para-hydroxylation sites is 2. The van der Waals surface area contributed by atoms with E-state index in [0.29, 0.717) is 18.8 Å². The molecule has 3 aromatic rings. The molecular formula is C20H20N4O2. The van der Waals surface area contributed by atoms with Crippen LogP contribution in [0.2, 0.25) is 0 Å². The molecule has 0 aliphatic carbocycles. The van der Waals surface area contributed by atoms with E-state index in [2.05, 4.69) is 20.9 Å². The maximum absolute atomic E-state index is 12.8. The maximum Gasteiger partial charge on any atom is 0.274 e. The first-order chi connectivity index (χ1) is 12.7. The summed E-state index contributed by atoms with van der Waals surface area (Å²) >= 11 is 0. The van der Waals surface area contributed by atoms with Crippen LogP contribution in [0.15, 0.2) is 54.7 Å². The van der Waals surface area contributed by atoms with E-state index in [4.69, 9.17) is 4.74 Å². The zero-order chi connectivity index (χ0) is 17.9. The minimum atomic E-state index is -0.0615. The average molecular weight is 348 g/mol. The normalized spacial score (nSPS) is 14.5. The highest BCUT2D eigenvalue weighted by Crippen LogP contribution is 2.22. The van der Waals surface area contributed by atoms with Gasteiger partial charge in [0.2, 0.25) is 0 Å². The van der Waals surface area contributed by atoms with Crippen LogP contribution in [0, 0.1) is 0 Å². The number of methoxy groups -OCH3 is 1. The highest BCUT2D eigenvalue weighted by molar-refractivity contribution is 5.94. The third kappa shape index (κ3) is 3.18. The van der Waals surface area contributed by atoms with Crippen LogP contribution in [-0.4, -0.2) is 54.1 Å². The fraction of sp³-hybridized carbons (Fsp3) is 0.250. The molecule has 0 atom stereocenters. The number of carbonyl (C=O) groups excluding carboxylic acids is 1. The Labute approximate surface area is 152 Å². The van der Waals surface area contributed by atoms with E-state index < -0.39 is 0 Å². The molecule has 1 fully saturated rings. The van der Waals surface area contributed by atoms with Crippen molar-refractivity contribution in [1.29, 1.82) is 0 Å². The van der Waals surface area contributed by atoms with Gasteiger partial charge in [-0.05, 0) is 24.3 Å². The molecule has 1 aliphatic rings. The number of aromatic nitrogens is 2. The van der Waals surface area contributed by atoms with Gasteiger partial charge < -0.3 is 14.5 Å². The molecule has 1 amide bonds. The summed E-state index contributed by atoms with van der Waals surface area (Å²) in [6.07, 6.45) is 1.57. The summed E-state index contributed by atoms with van der Waals surface area (Å²) in [5, 5.41) is 0. The number of hydrogen-bond acceptors (Lipinski definition) is 5. The Morgan fingerprint density at radius 3 is 2.54 bits per heavy atom. The smallest absolute Gasteiger partial charge is 0.274 e. The molecule has 1 saturated heterocycles. The van der Waals surface area contributed by atoms with Crippen LogP contribution in [0.3, 0.4) is 0 Å². The minimum absolute atomic E-state index is 0.0615. The first-order valence-electron chi connectivity index (χ1n) is 8.65. The number of benzene rings is 2. The number of ether oxygens (including phenoxy) is 1. The Morgan fingerprint density at radius 2 is 1.77 bits per heavy atom. The van der Waals surface area contributed by atoms with Crippen LogP contribution in [0.5, 0.6) is 5.75 Å². The number of fused-ring (bicyclic) bond motifs is 1. The molecule has 4 rings (SSSR count). The van der Waals surface area contributed by atoms with Gasteiger partial charge in [0.25, 0.3) is 5.91 Å². The van der Waals surface area contributed by atoms with Gasteiger partial charge in [-0.2, -0.15) is 0 Å². The molecule has 0 bridgehead atoms. The number of amides is 1. The lowest BCUT2D eigenvalue weighted by molar-refractivity contribution is 0.0741. The number of nitrogens with zero attached hydrogens (tertiary/aromatic N) is 4. The fourth-order valence-electron chi connectivity index (χ4n) is 3.20. The van der Waals surface area contributed by atoms with E-state index in [0.717, 1.165) is 35.6 Å². The average Bonchev–Trinajstić information content (AvgIpc) is 2.73. The highest BCUT2D eigenvalue weighted by atomic mass is 16.5. The van der Waals surface area contributed by atoms with Crippen molar-refractivity contribution in [2.24, 2.45) is 0 Å². The fourth-order valence-corrected chi connectivity index (χ4v) is 3.20. The van der Waals surface area contributed by atoms with Gasteiger partial charge in [-0.25, -0.2) is 4.98 Å². The van der Waals surface area contributed by atoms with Crippen LogP contribution >= 0.6 is 0 Å². The number of piperazine rings is 1. The summed E-state index contributed by atoms with van der Waals surface area (Å²) in [6.45, 7) is 2.87. The van der Waals surface area contributed by atoms with Crippen molar-refractivity contribution in [1.82, 2.24) is 14.9 Å². The lowest BCUT2D eigenvalue weighted by Gasteiger charge is -2.36. The Balaban J connectivity index is 1.45. The largest absolute Gasteiger partial charge is 0.497 e. The third-order valence-corrected chi connectivity index (χ3v) is 4.65. The highest BCUT2D eigenvalue weighted by Gasteiger charge is 2.23. The molecule has 2 heterocycles. The van der Waals surface area contributed by atoms with Gasteiger partial charge in [-0.15, -0.1) is 0 Å². The third-order valence-electron chi connectivity index (χ3n) is 4.65. The summed E-state index contributed by atoms with van der Waals surface area (Å²) in [5.41, 5.74) is 3.06. The summed E-state index contributed by atoms with van der Waals surface area (Å²) in [5.74, 6) is 0.779. The number of rotatable bonds is 3. The van der Waals surface area contributed by atoms with E-state index in [1.165, 1.54) is 0 Å². The molecular weight excluding hydrogens is 328 g/mol. The van der Waals surface area contributed by atoms with Crippen LogP contribution in [0.4, 0.5) is 5.69 Å². The summed E-state index contributed by atoms with van der Waals surface area (Å²) in [7, 11) is 1.67. The van der Waals surface area contributed by atoms with Gasteiger partial charge >= 0.3 is 0 Å². The zero-order valence-electron chi connectivity index (χ0n) is 14.6. The Kier molecular flexibility index (Phi) is 4.39. The van der Waals surface area contributed by atoms with Gasteiger partial charge in [0.15, 0.2) is 0 Å². The van der Waals surface area contributed by atoms with Gasteiger partial charge in [0.05, 0.1) is 24.3 Å². The first kappa shape index (κ1) is 16.3. The van der Waals surface area contributed by atoms with Crippen molar-refractivity contribution < 1.29 is 9.53 Å². The number of anilines is 1. The second kappa shape index (κ2) is 7.00. The van der Waals surface area contributed by atoms with Crippen LogP contribution in [0.25, 0.3) is 11.0 Å². The van der Waals surface area contributed by atoms with Crippen molar-refractivity contribution in [3.8, 4) is 5.75 Å². The monoisotopic (exact) mass is 348 g/mol. The van der Waals surface area contributed by atoms with Crippen molar-refractivity contribution in [2.75, 3.05) is 38.2 Å².